The van der Waals surface area contributed by atoms with Crippen molar-refractivity contribution in [1.82, 2.24) is 10.5 Å². The monoisotopic (exact) mass is 428 g/mol. The largest absolute Gasteiger partial charge is 0.496 e. The number of carbonyl (C=O) groups is 1. The minimum atomic E-state index is -3.65. The summed E-state index contributed by atoms with van der Waals surface area (Å²) in [6, 6.07) is 14.2. The maximum absolute atomic E-state index is 12.9. The van der Waals surface area contributed by atoms with Crippen LogP contribution < -0.4 is 10.1 Å². The van der Waals surface area contributed by atoms with E-state index >= 15 is 0 Å². The molecule has 0 fully saturated rings. The molecule has 0 spiro atoms. The number of methoxy groups -OCH3 is 1. The van der Waals surface area contributed by atoms with Gasteiger partial charge >= 0.3 is 0 Å². The summed E-state index contributed by atoms with van der Waals surface area (Å²) in [5, 5.41) is 6.58. The molecule has 1 heterocycles. The number of aromatic nitrogens is 1. The molecular formula is C22H24N2O5S. The molecule has 0 saturated heterocycles. The molecule has 7 nitrogen and oxygen atoms in total. The molecule has 1 aromatic heterocycles. The van der Waals surface area contributed by atoms with Crippen LogP contribution in [0, 0.1) is 13.8 Å². The van der Waals surface area contributed by atoms with Crippen LogP contribution >= 0.6 is 0 Å². The molecule has 0 atom stereocenters. The average Bonchev–Trinajstić information content (AvgIpc) is 3.17. The van der Waals surface area contributed by atoms with Gasteiger partial charge in [-0.25, -0.2) is 8.42 Å². The lowest BCUT2D eigenvalue weighted by molar-refractivity contribution is -0.120. The van der Waals surface area contributed by atoms with Crippen molar-refractivity contribution in [3.63, 3.8) is 0 Å². The molecule has 3 aromatic rings. The molecule has 0 radical (unpaired) electrons. The maximum Gasteiger partial charge on any atom is 0.221 e. The molecule has 2 aromatic carbocycles. The van der Waals surface area contributed by atoms with Gasteiger partial charge in [0, 0.05) is 30.2 Å². The molecule has 0 aliphatic heterocycles. The van der Waals surface area contributed by atoms with Crippen molar-refractivity contribution in [3.05, 3.63) is 65.4 Å². The Morgan fingerprint density at radius 2 is 1.90 bits per heavy atom. The normalized spacial score (nSPS) is 11.3. The fourth-order valence-corrected chi connectivity index (χ4v) is 4.60. The van der Waals surface area contributed by atoms with E-state index < -0.39 is 9.84 Å². The molecule has 3 rings (SSSR count). The summed E-state index contributed by atoms with van der Waals surface area (Å²) in [5.74, 6) is 0.535. The fraction of sp³-hybridized carbons (Fsp3) is 0.273. The number of nitrogens with zero attached hydrogens (tertiary/aromatic N) is 1. The lowest BCUT2D eigenvalue weighted by Crippen LogP contribution is -2.25. The van der Waals surface area contributed by atoms with Crippen molar-refractivity contribution < 1.29 is 22.5 Å². The Bertz CT molecular complexity index is 1150. The highest BCUT2D eigenvalue weighted by Crippen LogP contribution is 2.26. The van der Waals surface area contributed by atoms with Gasteiger partial charge in [0.1, 0.15) is 5.75 Å². The Morgan fingerprint density at radius 1 is 1.13 bits per heavy atom. The minimum absolute atomic E-state index is 0.136. The number of hydrogen-bond acceptors (Lipinski definition) is 6. The van der Waals surface area contributed by atoms with E-state index in [1.54, 1.807) is 51.3 Å². The third-order valence-corrected chi connectivity index (χ3v) is 6.55. The van der Waals surface area contributed by atoms with Crippen LogP contribution in [-0.2, 0) is 21.2 Å². The Hall–Kier alpha value is -3.13. The van der Waals surface area contributed by atoms with E-state index in [4.69, 9.17) is 9.26 Å². The van der Waals surface area contributed by atoms with E-state index in [-0.39, 0.29) is 29.5 Å². The fourth-order valence-electron chi connectivity index (χ4n) is 3.06. The second kappa shape index (κ2) is 9.13. The smallest absolute Gasteiger partial charge is 0.221 e. The molecule has 0 saturated carbocycles. The Morgan fingerprint density at radius 3 is 2.60 bits per heavy atom. The molecule has 158 valence electrons. The zero-order chi connectivity index (χ0) is 21.7. The first-order chi connectivity index (χ1) is 14.3. The van der Waals surface area contributed by atoms with Crippen LogP contribution in [0.5, 0.6) is 5.75 Å². The summed E-state index contributed by atoms with van der Waals surface area (Å²) in [6.45, 7) is 3.79. The number of aryl methyl sites for hydroxylation is 2. The van der Waals surface area contributed by atoms with Gasteiger partial charge in [-0.1, -0.05) is 35.5 Å². The van der Waals surface area contributed by atoms with Gasteiger partial charge in [0.2, 0.25) is 5.91 Å². The van der Waals surface area contributed by atoms with Crippen molar-refractivity contribution in [1.29, 1.82) is 0 Å². The predicted molar refractivity (Wildman–Crippen MR) is 113 cm³/mol. The standard InChI is InChI=1S/C22H24N2O5S/c1-15-8-9-17(20-12-16(2)24-29-20)13-21(15)30(26,27)11-10-22(25)23-14-18-6-4-5-7-19(18)28-3/h4-9,12-13H,10-11,14H2,1-3H3,(H,23,25). The SMILES string of the molecule is COc1ccccc1CNC(=O)CCS(=O)(=O)c1cc(-c2cc(C)no2)ccc1C. The summed E-state index contributed by atoms with van der Waals surface area (Å²) in [7, 11) is -2.09. The highest BCUT2D eigenvalue weighted by atomic mass is 32.2. The second-order valence-electron chi connectivity index (χ2n) is 6.97. The summed E-state index contributed by atoms with van der Waals surface area (Å²) in [5.41, 5.74) is 2.77. The summed E-state index contributed by atoms with van der Waals surface area (Å²) in [4.78, 5) is 12.4. The van der Waals surface area contributed by atoms with Gasteiger partial charge in [0.05, 0.1) is 23.5 Å². The zero-order valence-electron chi connectivity index (χ0n) is 17.1. The van der Waals surface area contributed by atoms with Crippen LogP contribution in [0.3, 0.4) is 0 Å². The molecule has 1 amide bonds. The van der Waals surface area contributed by atoms with Gasteiger partial charge in [-0.05, 0) is 31.5 Å². The van der Waals surface area contributed by atoms with Gasteiger partial charge in [0.25, 0.3) is 0 Å². The Labute approximate surface area is 176 Å². The first-order valence-corrected chi connectivity index (χ1v) is 11.1. The highest BCUT2D eigenvalue weighted by molar-refractivity contribution is 7.91. The molecule has 0 aliphatic rings. The third-order valence-electron chi connectivity index (χ3n) is 4.70. The molecule has 8 heteroatoms. The quantitative estimate of drug-likeness (QED) is 0.590. The average molecular weight is 429 g/mol. The van der Waals surface area contributed by atoms with Crippen molar-refractivity contribution >= 4 is 15.7 Å². The van der Waals surface area contributed by atoms with E-state index in [2.05, 4.69) is 10.5 Å². The maximum atomic E-state index is 12.9. The number of nitrogens with one attached hydrogen (secondary N) is 1. The summed E-state index contributed by atoms with van der Waals surface area (Å²) < 4.78 is 36.2. The number of hydrogen-bond donors (Lipinski definition) is 1. The second-order valence-corrected chi connectivity index (χ2v) is 9.05. The summed E-state index contributed by atoms with van der Waals surface area (Å²) in [6.07, 6.45) is -0.136. The van der Waals surface area contributed by atoms with Crippen molar-refractivity contribution in [2.45, 2.75) is 31.7 Å². The van der Waals surface area contributed by atoms with Gasteiger partial charge in [-0.2, -0.15) is 0 Å². The van der Waals surface area contributed by atoms with Crippen LogP contribution in [0.25, 0.3) is 11.3 Å². The van der Waals surface area contributed by atoms with Crippen molar-refractivity contribution in [3.8, 4) is 17.1 Å². The van der Waals surface area contributed by atoms with Crippen LogP contribution in [0.1, 0.15) is 23.2 Å². The lowest BCUT2D eigenvalue weighted by atomic mass is 10.1. The van der Waals surface area contributed by atoms with E-state index in [9.17, 15) is 13.2 Å². The molecule has 0 bridgehead atoms. The van der Waals surface area contributed by atoms with Gasteiger partial charge in [-0.3, -0.25) is 4.79 Å². The van der Waals surface area contributed by atoms with E-state index in [1.165, 1.54) is 0 Å². The van der Waals surface area contributed by atoms with Crippen LogP contribution in [0.15, 0.2) is 57.9 Å². The van der Waals surface area contributed by atoms with E-state index in [0.29, 0.717) is 28.3 Å². The number of amides is 1. The summed E-state index contributed by atoms with van der Waals surface area (Å²) >= 11 is 0. The Kier molecular flexibility index (Phi) is 6.56. The van der Waals surface area contributed by atoms with Gasteiger partial charge in [0.15, 0.2) is 15.6 Å². The van der Waals surface area contributed by atoms with E-state index in [0.717, 1.165) is 5.56 Å². The van der Waals surface area contributed by atoms with Gasteiger partial charge < -0.3 is 14.6 Å². The third kappa shape index (κ3) is 5.07. The van der Waals surface area contributed by atoms with Crippen molar-refractivity contribution in [2.24, 2.45) is 0 Å². The Balaban J connectivity index is 1.67. The number of benzene rings is 2. The molecule has 30 heavy (non-hydrogen) atoms. The number of ether oxygens (including phenoxy) is 1. The first kappa shape index (κ1) is 21.6. The number of sulfone groups is 1. The van der Waals surface area contributed by atoms with Crippen LogP contribution in [0.2, 0.25) is 0 Å². The zero-order valence-corrected chi connectivity index (χ0v) is 18.0. The lowest BCUT2D eigenvalue weighted by Gasteiger charge is -2.11. The van der Waals surface area contributed by atoms with Gasteiger partial charge in [-0.15, -0.1) is 0 Å². The van der Waals surface area contributed by atoms with Crippen LogP contribution in [0.4, 0.5) is 0 Å². The van der Waals surface area contributed by atoms with E-state index in [1.807, 2.05) is 18.2 Å². The number of carbonyl (C=O) groups excluding carboxylic acids is 1. The molecule has 0 aliphatic carbocycles. The minimum Gasteiger partial charge on any atom is -0.496 e. The predicted octanol–water partition coefficient (Wildman–Crippen LogP) is 3.45. The molecule has 0 unspecified atom stereocenters. The highest BCUT2D eigenvalue weighted by Gasteiger charge is 2.20. The van der Waals surface area contributed by atoms with Crippen molar-refractivity contribution in [2.75, 3.05) is 12.9 Å². The number of para-hydroxylation sites is 1. The van der Waals surface area contributed by atoms with Crippen LogP contribution in [-0.4, -0.2) is 32.3 Å². The first-order valence-electron chi connectivity index (χ1n) is 9.46. The molecule has 1 N–H and O–H groups in total. The topological polar surface area (TPSA) is 98.5 Å². The molecular weight excluding hydrogens is 404 g/mol. The number of rotatable bonds is 8.